The molecule has 0 spiro atoms. The number of likely N-dealkylation sites (tertiary alicyclic amines) is 1. The van der Waals surface area contributed by atoms with E-state index in [0.29, 0.717) is 12.0 Å². The molecular formula is C22H26N4O3. The molecule has 1 fully saturated rings. The van der Waals surface area contributed by atoms with Crippen molar-refractivity contribution in [2.45, 2.75) is 31.7 Å². The summed E-state index contributed by atoms with van der Waals surface area (Å²) < 4.78 is 0. The van der Waals surface area contributed by atoms with Gasteiger partial charge < -0.3 is 15.5 Å². The summed E-state index contributed by atoms with van der Waals surface area (Å²) in [5, 5.41) is 5.59. The van der Waals surface area contributed by atoms with Crippen LogP contribution in [0.5, 0.6) is 0 Å². The quantitative estimate of drug-likeness (QED) is 0.711. The van der Waals surface area contributed by atoms with Crippen LogP contribution in [0.25, 0.3) is 0 Å². The van der Waals surface area contributed by atoms with Gasteiger partial charge in [-0.05, 0) is 30.5 Å². The van der Waals surface area contributed by atoms with Gasteiger partial charge in [-0.2, -0.15) is 0 Å². The number of carbonyl (C=O) groups is 3. The molecule has 2 N–H and O–H groups in total. The first-order valence-corrected chi connectivity index (χ1v) is 9.94. The van der Waals surface area contributed by atoms with Gasteiger partial charge in [0.1, 0.15) is 6.04 Å². The minimum atomic E-state index is -0.744. The molecule has 0 radical (unpaired) electrons. The second kappa shape index (κ2) is 10.4. The monoisotopic (exact) mass is 394 g/mol. The van der Waals surface area contributed by atoms with Crippen LogP contribution in [0.1, 0.15) is 35.2 Å². The molecule has 7 heteroatoms. The van der Waals surface area contributed by atoms with Crippen LogP contribution < -0.4 is 10.6 Å². The number of benzene rings is 1. The van der Waals surface area contributed by atoms with Crippen molar-refractivity contribution >= 4 is 17.7 Å². The van der Waals surface area contributed by atoms with Crippen molar-refractivity contribution in [3.63, 3.8) is 0 Å². The first kappa shape index (κ1) is 20.5. The molecule has 3 rings (SSSR count). The van der Waals surface area contributed by atoms with Gasteiger partial charge in [0.15, 0.2) is 0 Å². The molecule has 152 valence electrons. The number of nitrogens with zero attached hydrogens (tertiary/aromatic N) is 2. The van der Waals surface area contributed by atoms with E-state index in [1.165, 1.54) is 6.20 Å². The molecule has 7 nitrogen and oxygen atoms in total. The van der Waals surface area contributed by atoms with E-state index in [1.807, 2.05) is 35.2 Å². The van der Waals surface area contributed by atoms with Crippen LogP contribution in [0.15, 0.2) is 54.9 Å². The van der Waals surface area contributed by atoms with Gasteiger partial charge in [-0.15, -0.1) is 0 Å². The van der Waals surface area contributed by atoms with Crippen LogP contribution in [0.4, 0.5) is 0 Å². The van der Waals surface area contributed by atoms with Gasteiger partial charge in [-0.3, -0.25) is 19.4 Å². The van der Waals surface area contributed by atoms with Crippen molar-refractivity contribution in [2.75, 3.05) is 19.6 Å². The lowest BCUT2D eigenvalue weighted by atomic mass is 10.0. The van der Waals surface area contributed by atoms with Crippen LogP contribution >= 0.6 is 0 Å². The average molecular weight is 394 g/mol. The van der Waals surface area contributed by atoms with E-state index < -0.39 is 6.04 Å². The summed E-state index contributed by atoms with van der Waals surface area (Å²) in [6.07, 6.45) is 5.75. The number of amides is 3. The maximum Gasteiger partial charge on any atom is 0.253 e. The average Bonchev–Trinajstić information content (AvgIpc) is 3.29. The fourth-order valence-corrected chi connectivity index (χ4v) is 3.34. The van der Waals surface area contributed by atoms with Gasteiger partial charge in [0.25, 0.3) is 5.91 Å². The molecule has 2 heterocycles. The van der Waals surface area contributed by atoms with Crippen molar-refractivity contribution in [3.05, 3.63) is 66.0 Å². The minimum Gasteiger partial charge on any atom is -0.354 e. The van der Waals surface area contributed by atoms with Crippen LogP contribution in [-0.2, 0) is 16.0 Å². The largest absolute Gasteiger partial charge is 0.354 e. The van der Waals surface area contributed by atoms with E-state index in [1.54, 1.807) is 18.3 Å². The maximum atomic E-state index is 12.8. The number of nitrogens with one attached hydrogen (secondary N) is 2. The summed E-state index contributed by atoms with van der Waals surface area (Å²) in [5.41, 5.74) is 1.33. The standard InChI is InChI=1S/C22H26N4O3/c27-20(26-13-4-5-14-26)10-12-24-22(29)19(15-17-7-2-1-3-8-17)25-21(28)18-9-6-11-23-16-18/h1-3,6-9,11,16,19H,4-5,10,12-15H2,(H,24,29)(H,25,28). The molecule has 1 unspecified atom stereocenters. The Morgan fingerprint density at radius 2 is 1.79 bits per heavy atom. The lowest BCUT2D eigenvalue weighted by molar-refractivity contribution is -0.130. The summed E-state index contributed by atoms with van der Waals surface area (Å²) in [4.78, 5) is 43.2. The number of pyridine rings is 1. The summed E-state index contributed by atoms with van der Waals surface area (Å²) in [5.74, 6) is -0.607. The van der Waals surface area contributed by atoms with E-state index in [2.05, 4.69) is 15.6 Å². The van der Waals surface area contributed by atoms with Crippen molar-refractivity contribution in [1.82, 2.24) is 20.5 Å². The third-order valence-electron chi connectivity index (χ3n) is 4.93. The van der Waals surface area contributed by atoms with Crippen molar-refractivity contribution in [2.24, 2.45) is 0 Å². The Labute approximate surface area is 170 Å². The third kappa shape index (κ3) is 6.14. The Morgan fingerprint density at radius 1 is 1.03 bits per heavy atom. The Morgan fingerprint density at radius 3 is 2.48 bits per heavy atom. The molecule has 0 bridgehead atoms. The molecule has 1 aliphatic heterocycles. The molecule has 3 amide bonds. The van der Waals surface area contributed by atoms with E-state index in [0.717, 1.165) is 31.5 Å². The van der Waals surface area contributed by atoms with Crippen LogP contribution in [0, 0.1) is 0 Å². The molecule has 1 atom stereocenters. The molecule has 1 aromatic heterocycles. The molecule has 0 saturated carbocycles. The summed E-state index contributed by atoms with van der Waals surface area (Å²) in [7, 11) is 0. The normalized spacial score (nSPS) is 14.3. The Kier molecular flexibility index (Phi) is 7.33. The molecule has 1 aromatic carbocycles. The smallest absolute Gasteiger partial charge is 0.253 e. The van der Waals surface area contributed by atoms with Crippen molar-refractivity contribution < 1.29 is 14.4 Å². The second-order valence-electron chi connectivity index (χ2n) is 7.09. The minimum absolute atomic E-state index is 0.0572. The second-order valence-corrected chi connectivity index (χ2v) is 7.09. The van der Waals surface area contributed by atoms with E-state index in [-0.39, 0.29) is 30.7 Å². The molecule has 2 aromatic rings. The van der Waals surface area contributed by atoms with Crippen molar-refractivity contribution in [3.8, 4) is 0 Å². The molecular weight excluding hydrogens is 368 g/mol. The van der Waals surface area contributed by atoms with Crippen LogP contribution in [0.2, 0.25) is 0 Å². The van der Waals surface area contributed by atoms with Gasteiger partial charge in [-0.25, -0.2) is 0 Å². The lowest BCUT2D eigenvalue weighted by Gasteiger charge is -2.19. The summed E-state index contributed by atoms with van der Waals surface area (Å²) in [6.45, 7) is 1.84. The molecule has 1 saturated heterocycles. The van der Waals surface area contributed by atoms with Crippen LogP contribution in [0.3, 0.4) is 0 Å². The van der Waals surface area contributed by atoms with E-state index >= 15 is 0 Å². The Bertz CT molecular complexity index is 820. The Hall–Kier alpha value is -3.22. The number of carbonyl (C=O) groups excluding carboxylic acids is 3. The number of hydrogen-bond acceptors (Lipinski definition) is 4. The zero-order valence-electron chi connectivity index (χ0n) is 16.3. The fourth-order valence-electron chi connectivity index (χ4n) is 3.34. The maximum absolute atomic E-state index is 12.8. The predicted molar refractivity (Wildman–Crippen MR) is 109 cm³/mol. The van der Waals surface area contributed by atoms with Crippen LogP contribution in [-0.4, -0.2) is 53.3 Å². The predicted octanol–water partition coefficient (Wildman–Crippen LogP) is 1.55. The first-order chi connectivity index (χ1) is 14.1. The highest BCUT2D eigenvalue weighted by Gasteiger charge is 2.23. The van der Waals surface area contributed by atoms with Gasteiger partial charge in [0, 0.05) is 44.9 Å². The molecule has 1 aliphatic rings. The SMILES string of the molecule is O=C(NC(Cc1ccccc1)C(=O)NCCC(=O)N1CCCC1)c1cccnc1. The third-order valence-corrected chi connectivity index (χ3v) is 4.93. The summed E-state index contributed by atoms with van der Waals surface area (Å²) in [6, 6.07) is 12.1. The van der Waals surface area contributed by atoms with Gasteiger partial charge in [0.05, 0.1) is 5.56 Å². The number of rotatable bonds is 8. The van der Waals surface area contributed by atoms with E-state index in [9.17, 15) is 14.4 Å². The fraction of sp³-hybridized carbons (Fsp3) is 0.364. The number of hydrogen-bond donors (Lipinski definition) is 2. The van der Waals surface area contributed by atoms with Gasteiger partial charge in [-0.1, -0.05) is 30.3 Å². The first-order valence-electron chi connectivity index (χ1n) is 9.94. The number of aromatic nitrogens is 1. The van der Waals surface area contributed by atoms with Gasteiger partial charge in [0.2, 0.25) is 11.8 Å². The summed E-state index contributed by atoms with van der Waals surface area (Å²) >= 11 is 0. The zero-order chi connectivity index (χ0) is 20.5. The highest BCUT2D eigenvalue weighted by molar-refractivity contribution is 5.97. The molecule has 29 heavy (non-hydrogen) atoms. The lowest BCUT2D eigenvalue weighted by Crippen LogP contribution is -2.48. The highest BCUT2D eigenvalue weighted by atomic mass is 16.2. The topological polar surface area (TPSA) is 91.4 Å². The highest BCUT2D eigenvalue weighted by Crippen LogP contribution is 2.09. The molecule has 0 aliphatic carbocycles. The Balaban J connectivity index is 1.59. The van der Waals surface area contributed by atoms with E-state index in [4.69, 9.17) is 0 Å². The van der Waals surface area contributed by atoms with Crippen molar-refractivity contribution in [1.29, 1.82) is 0 Å². The van der Waals surface area contributed by atoms with Gasteiger partial charge >= 0.3 is 0 Å². The zero-order valence-corrected chi connectivity index (χ0v) is 16.3.